The molecule has 0 aromatic heterocycles. The third-order valence-electron chi connectivity index (χ3n) is 4.10. The zero-order valence-corrected chi connectivity index (χ0v) is 11.7. The molecule has 0 bridgehead atoms. The van der Waals surface area contributed by atoms with Crippen molar-refractivity contribution in [2.75, 3.05) is 26.3 Å². The van der Waals surface area contributed by atoms with E-state index in [1.54, 1.807) is 0 Å². The lowest BCUT2D eigenvalue weighted by Gasteiger charge is -2.24. The highest BCUT2D eigenvalue weighted by molar-refractivity contribution is 5.82. The predicted octanol–water partition coefficient (Wildman–Crippen LogP) is 2.20. The Morgan fingerprint density at radius 3 is 2.65 bits per heavy atom. The van der Waals surface area contributed by atoms with Gasteiger partial charge in [-0.1, -0.05) is 6.07 Å². The Morgan fingerprint density at radius 2 is 1.90 bits per heavy atom. The van der Waals surface area contributed by atoms with Gasteiger partial charge in [0.2, 0.25) is 0 Å². The minimum Gasteiger partial charge on any atom is -0.489 e. The van der Waals surface area contributed by atoms with Gasteiger partial charge in [0, 0.05) is 6.42 Å². The third kappa shape index (κ3) is 2.80. The van der Waals surface area contributed by atoms with Crippen molar-refractivity contribution in [3.8, 4) is 11.5 Å². The number of ether oxygens (including phenoxy) is 2. The lowest BCUT2D eigenvalue weighted by molar-refractivity contribution is 0.111. The molecular weight excluding hydrogens is 254 g/mol. The van der Waals surface area contributed by atoms with Crippen LogP contribution in [0.3, 0.4) is 0 Å². The Bertz CT molecular complexity index is 481. The van der Waals surface area contributed by atoms with E-state index in [1.165, 1.54) is 18.4 Å². The molecule has 0 amide bonds. The molecule has 0 spiro atoms. The molecule has 4 nitrogen and oxygen atoms in total. The second-order valence-corrected chi connectivity index (χ2v) is 5.54. The first kappa shape index (κ1) is 13.4. The molecule has 1 saturated heterocycles. The Hall–Kier alpha value is -1.55. The van der Waals surface area contributed by atoms with Crippen LogP contribution in [0, 0.1) is 5.92 Å². The number of piperidine rings is 1. The van der Waals surface area contributed by atoms with Gasteiger partial charge in [-0.25, -0.2) is 0 Å². The minimum absolute atomic E-state index is 0.593. The van der Waals surface area contributed by atoms with Crippen LogP contribution in [0.15, 0.2) is 12.1 Å². The summed E-state index contributed by atoms with van der Waals surface area (Å²) in [6.07, 6.45) is 5.12. The normalized spacial score (nSPS) is 19.4. The fraction of sp³-hybridized carbons (Fsp3) is 0.562. The van der Waals surface area contributed by atoms with Crippen molar-refractivity contribution >= 4 is 6.29 Å². The quantitative estimate of drug-likeness (QED) is 0.859. The number of fused-ring (bicyclic) bond motifs is 1. The summed E-state index contributed by atoms with van der Waals surface area (Å²) in [5.74, 6) is 2.13. The van der Waals surface area contributed by atoms with Crippen LogP contribution < -0.4 is 14.8 Å². The monoisotopic (exact) mass is 275 g/mol. The average molecular weight is 275 g/mol. The van der Waals surface area contributed by atoms with Gasteiger partial charge in [-0.2, -0.15) is 0 Å². The number of carbonyl (C=O) groups excluding carboxylic acids is 1. The molecule has 20 heavy (non-hydrogen) atoms. The van der Waals surface area contributed by atoms with E-state index < -0.39 is 0 Å². The first-order valence-corrected chi connectivity index (χ1v) is 7.46. The van der Waals surface area contributed by atoms with E-state index >= 15 is 0 Å². The van der Waals surface area contributed by atoms with E-state index in [9.17, 15) is 4.79 Å². The molecule has 1 fully saturated rings. The molecule has 0 atom stereocenters. The number of rotatable bonds is 3. The number of benzene rings is 1. The van der Waals surface area contributed by atoms with Crippen molar-refractivity contribution in [3.63, 3.8) is 0 Å². The highest BCUT2D eigenvalue weighted by Crippen LogP contribution is 2.38. The second kappa shape index (κ2) is 6.27. The number of aldehydes is 1. The van der Waals surface area contributed by atoms with Crippen molar-refractivity contribution in [2.24, 2.45) is 5.92 Å². The van der Waals surface area contributed by atoms with Crippen LogP contribution in [0.1, 0.15) is 35.2 Å². The molecule has 0 radical (unpaired) electrons. The molecule has 2 aliphatic rings. The topological polar surface area (TPSA) is 47.6 Å². The maximum absolute atomic E-state index is 11.1. The summed E-state index contributed by atoms with van der Waals surface area (Å²) in [6.45, 7) is 3.46. The Labute approximate surface area is 119 Å². The van der Waals surface area contributed by atoms with Crippen LogP contribution in [0.4, 0.5) is 0 Å². The summed E-state index contributed by atoms with van der Waals surface area (Å²) in [5.41, 5.74) is 1.77. The van der Waals surface area contributed by atoms with Gasteiger partial charge >= 0.3 is 0 Å². The minimum atomic E-state index is 0.593. The van der Waals surface area contributed by atoms with Crippen molar-refractivity contribution in [2.45, 2.75) is 25.7 Å². The van der Waals surface area contributed by atoms with Crippen LogP contribution >= 0.6 is 0 Å². The number of hydrogen-bond donors (Lipinski definition) is 1. The third-order valence-corrected chi connectivity index (χ3v) is 4.10. The zero-order chi connectivity index (χ0) is 13.8. The predicted molar refractivity (Wildman–Crippen MR) is 76.7 cm³/mol. The van der Waals surface area contributed by atoms with Gasteiger partial charge in [-0.15, -0.1) is 0 Å². The molecule has 0 aliphatic carbocycles. The van der Waals surface area contributed by atoms with Gasteiger partial charge < -0.3 is 14.8 Å². The fourth-order valence-corrected chi connectivity index (χ4v) is 2.98. The van der Waals surface area contributed by atoms with Gasteiger partial charge in [0.15, 0.2) is 17.8 Å². The molecule has 1 aromatic rings. The Morgan fingerprint density at radius 1 is 1.15 bits per heavy atom. The standard InChI is InChI=1S/C16H21NO3/c18-11-14-3-2-13(10-12-4-6-17-7-5-12)15-16(14)20-9-1-8-19-15/h2-3,11-12,17H,1,4-10H2. The van der Waals surface area contributed by atoms with Gasteiger partial charge in [0.05, 0.1) is 18.8 Å². The highest BCUT2D eigenvalue weighted by Gasteiger charge is 2.22. The lowest BCUT2D eigenvalue weighted by Crippen LogP contribution is -2.28. The summed E-state index contributed by atoms with van der Waals surface area (Å²) in [5, 5.41) is 3.39. The first-order chi connectivity index (χ1) is 9.88. The van der Waals surface area contributed by atoms with Crippen molar-refractivity contribution < 1.29 is 14.3 Å². The van der Waals surface area contributed by atoms with Crippen molar-refractivity contribution in [3.05, 3.63) is 23.3 Å². The van der Waals surface area contributed by atoms with Gasteiger partial charge in [-0.3, -0.25) is 4.79 Å². The highest BCUT2D eigenvalue weighted by atomic mass is 16.5. The van der Waals surface area contributed by atoms with E-state index in [-0.39, 0.29) is 0 Å². The van der Waals surface area contributed by atoms with E-state index in [0.29, 0.717) is 30.4 Å². The molecule has 2 aliphatic heterocycles. The zero-order valence-electron chi connectivity index (χ0n) is 11.7. The van der Waals surface area contributed by atoms with Crippen molar-refractivity contribution in [1.29, 1.82) is 0 Å². The van der Waals surface area contributed by atoms with Gasteiger partial charge in [0.25, 0.3) is 0 Å². The molecule has 2 heterocycles. The lowest BCUT2D eigenvalue weighted by atomic mass is 9.90. The molecule has 0 saturated carbocycles. The summed E-state index contributed by atoms with van der Waals surface area (Å²) < 4.78 is 11.6. The van der Waals surface area contributed by atoms with E-state index in [4.69, 9.17) is 9.47 Å². The summed E-state index contributed by atoms with van der Waals surface area (Å²) >= 11 is 0. The van der Waals surface area contributed by atoms with E-state index in [2.05, 4.69) is 5.32 Å². The van der Waals surface area contributed by atoms with Gasteiger partial charge in [0.1, 0.15) is 0 Å². The maximum atomic E-state index is 11.1. The van der Waals surface area contributed by atoms with Crippen LogP contribution in [0.25, 0.3) is 0 Å². The van der Waals surface area contributed by atoms with Gasteiger partial charge in [-0.05, 0) is 49.9 Å². The smallest absolute Gasteiger partial charge is 0.171 e. The van der Waals surface area contributed by atoms with Crippen molar-refractivity contribution in [1.82, 2.24) is 5.32 Å². The molecule has 4 heteroatoms. The first-order valence-electron chi connectivity index (χ1n) is 7.46. The SMILES string of the molecule is O=Cc1ccc(CC2CCNCC2)c2c1OCCCO2. The van der Waals surface area contributed by atoms with E-state index in [1.807, 2.05) is 12.1 Å². The summed E-state index contributed by atoms with van der Waals surface area (Å²) in [6, 6.07) is 3.89. The van der Waals surface area contributed by atoms with Crippen LogP contribution in [0.5, 0.6) is 11.5 Å². The van der Waals surface area contributed by atoms with Crippen LogP contribution in [0.2, 0.25) is 0 Å². The van der Waals surface area contributed by atoms with Crippen LogP contribution in [-0.4, -0.2) is 32.6 Å². The maximum Gasteiger partial charge on any atom is 0.171 e. The number of carbonyl (C=O) groups is 1. The Kier molecular flexibility index (Phi) is 4.21. The average Bonchev–Trinajstić information content (AvgIpc) is 2.75. The molecule has 108 valence electrons. The number of hydrogen-bond acceptors (Lipinski definition) is 4. The molecule has 0 unspecified atom stereocenters. The fourth-order valence-electron chi connectivity index (χ4n) is 2.98. The van der Waals surface area contributed by atoms with Crippen LogP contribution in [-0.2, 0) is 6.42 Å². The number of nitrogens with one attached hydrogen (secondary N) is 1. The molecule has 1 N–H and O–H groups in total. The largest absolute Gasteiger partial charge is 0.489 e. The summed E-state index contributed by atoms with van der Waals surface area (Å²) in [7, 11) is 0. The molecule has 1 aromatic carbocycles. The second-order valence-electron chi connectivity index (χ2n) is 5.54. The summed E-state index contributed by atoms with van der Waals surface area (Å²) in [4.78, 5) is 11.1. The molecule has 3 rings (SSSR count). The molecular formula is C16H21NO3. The van der Waals surface area contributed by atoms with E-state index in [0.717, 1.165) is 38.0 Å². The Balaban J connectivity index is 1.88.